The summed E-state index contributed by atoms with van der Waals surface area (Å²) in [6, 6.07) is 0. The van der Waals surface area contributed by atoms with Crippen molar-refractivity contribution in [2.75, 3.05) is 13.2 Å². The quantitative estimate of drug-likeness (QED) is 0.0261. The lowest BCUT2D eigenvalue weighted by Crippen LogP contribution is -2.30. The summed E-state index contributed by atoms with van der Waals surface area (Å²) in [6.45, 7) is 6.70. The highest BCUT2D eigenvalue weighted by Crippen LogP contribution is 2.18. The first-order valence-corrected chi connectivity index (χ1v) is 36.5. The van der Waals surface area contributed by atoms with E-state index in [0.717, 1.165) is 64.2 Å². The van der Waals surface area contributed by atoms with Crippen LogP contribution in [0.1, 0.15) is 406 Å². The van der Waals surface area contributed by atoms with Gasteiger partial charge in [-0.25, -0.2) is 0 Å². The number of hydrogen-bond acceptors (Lipinski definition) is 6. The van der Waals surface area contributed by atoms with E-state index >= 15 is 0 Å². The first kappa shape index (κ1) is 78.6. The van der Waals surface area contributed by atoms with Crippen molar-refractivity contribution >= 4 is 17.9 Å². The van der Waals surface area contributed by atoms with Gasteiger partial charge in [-0.05, 0) is 77.0 Å². The number of esters is 3. The van der Waals surface area contributed by atoms with Gasteiger partial charge < -0.3 is 14.2 Å². The average molecular weight is 1140 g/mol. The van der Waals surface area contributed by atoms with Gasteiger partial charge in [0.05, 0.1) is 0 Å². The van der Waals surface area contributed by atoms with Crippen molar-refractivity contribution in [1.29, 1.82) is 0 Å². The monoisotopic (exact) mass is 1140 g/mol. The predicted octanol–water partition coefficient (Wildman–Crippen LogP) is 25.1. The molecule has 0 bridgehead atoms. The maximum absolute atomic E-state index is 13.0. The van der Waals surface area contributed by atoms with E-state index in [1.54, 1.807) is 0 Å². The zero-order valence-electron chi connectivity index (χ0n) is 54.8. The van der Waals surface area contributed by atoms with Gasteiger partial charge in [-0.15, -0.1) is 0 Å². The van der Waals surface area contributed by atoms with Gasteiger partial charge in [0.15, 0.2) is 6.10 Å². The first-order chi connectivity index (χ1) is 40.0. The Morgan fingerprint density at radius 1 is 0.247 bits per heavy atom. The van der Waals surface area contributed by atoms with Gasteiger partial charge in [0.25, 0.3) is 0 Å². The highest BCUT2D eigenvalue weighted by Gasteiger charge is 2.19. The van der Waals surface area contributed by atoms with E-state index in [9.17, 15) is 14.4 Å². The molecule has 476 valence electrons. The molecule has 1 atom stereocenters. The van der Waals surface area contributed by atoms with Crippen molar-refractivity contribution in [2.24, 2.45) is 0 Å². The van der Waals surface area contributed by atoms with Crippen LogP contribution in [-0.4, -0.2) is 37.2 Å². The zero-order valence-corrected chi connectivity index (χ0v) is 54.8. The second-order valence-electron chi connectivity index (χ2n) is 24.9. The maximum Gasteiger partial charge on any atom is 0.306 e. The molecular formula is C75H140O6. The fourth-order valence-corrected chi connectivity index (χ4v) is 11.1. The largest absolute Gasteiger partial charge is 0.462 e. The number of allylic oxidation sites excluding steroid dienone is 6. The summed E-state index contributed by atoms with van der Waals surface area (Å²) in [4.78, 5) is 38.5. The van der Waals surface area contributed by atoms with Crippen LogP contribution in [0.15, 0.2) is 36.5 Å². The zero-order chi connectivity index (χ0) is 58.5. The molecule has 0 aliphatic rings. The molecular weight excluding hydrogens is 997 g/mol. The fraction of sp³-hybridized carbons (Fsp3) is 0.880. The van der Waals surface area contributed by atoms with Crippen LogP contribution in [0.25, 0.3) is 0 Å². The van der Waals surface area contributed by atoms with Gasteiger partial charge in [0, 0.05) is 19.3 Å². The number of ether oxygens (including phenoxy) is 3. The van der Waals surface area contributed by atoms with E-state index in [4.69, 9.17) is 14.2 Å². The summed E-state index contributed by atoms with van der Waals surface area (Å²) in [6.07, 6.45) is 87.5. The van der Waals surface area contributed by atoms with Gasteiger partial charge in [-0.1, -0.05) is 346 Å². The third-order valence-electron chi connectivity index (χ3n) is 16.6. The summed E-state index contributed by atoms with van der Waals surface area (Å²) in [7, 11) is 0. The molecule has 0 radical (unpaired) electrons. The lowest BCUT2D eigenvalue weighted by atomic mass is 10.0. The smallest absolute Gasteiger partial charge is 0.306 e. The minimum atomic E-state index is -0.770. The standard InChI is InChI=1S/C75H140O6/c1-4-7-10-13-16-19-22-25-27-29-31-33-35-36-37-38-40-41-43-45-47-50-53-56-59-62-65-68-74(77)80-71-72(70-79-73(76)67-64-61-58-55-52-49-24-21-18-15-12-9-6-3)81-75(78)69-66-63-60-57-54-51-48-46-44-42-39-34-32-30-28-26-23-20-17-14-11-8-5-2/h22,25,29-32,72H,4-21,23-24,26-28,33-71H2,1-3H3/b25-22-,31-29-,32-30-. The highest BCUT2D eigenvalue weighted by molar-refractivity contribution is 5.71. The molecule has 0 amide bonds. The molecule has 0 fully saturated rings. The molecule has 0 aromatic rings. The van der Waals surface area contributed by atoms with Crippen LogP contribution < -0.4 is 0 Å². The molecule has 1 unspecified atom stereocenters. The fourth-order valence-electron chi connectivity index (χ4n) is 11.1. The Labute approximate surface area is 506 Å². The number of carbonyl (C=O) groups excluding carboxylic acids is 3. The van der Waals surface area contributed by atoms with Crippen LogP contribution in [0.3, 0.4) is 0 Å². The average Bonchev–Trinajstić information content (AvgIpc) is 3.46. The molecule has 0 aromatic carbocycles. The highest BCUT2D eigenvalue weighted by atomic mass is 16.6. The Morgan fingerprint density at radius 2 is 0.444 bits per heavy atom. The van der Waals surface area contributed by atoms with Crippen molar-refractivity contribution in [3.63, 3.8) is 0 Å². The Kier molecular flexibility index (Phi) is 68.1. The van der Waals surface area contributed by atoms with E-state index in [2.05, 4.69) is 57.2 Å². The number of hydrogen-bond donors (Lipinski definition) is 0. The Balaban J connectivity index is 4.21. The topological polar surface area (TPSA) is 78.9 Å². The van der Waals surface area contributed by atoms with E-state index in [-0.39, 0.29) is 31.1 Å². The minimum Gasteiger partial charge on any atom is -0.462 e. The van der Waals surface area contributed by atoms with Crippen LogP contribution in [0.2, 0.25) is 0 Å². The lowest BCUT2D eigenvalue weighted by Gasteiger charge is -2.18. The van der Waals surface area contributed by atoms with Gasteiger partial charge in [-0.3, -0.25) is 14.4 Å². The normalized spacial score (nSPS) is 12.2. The van der Waals surface area contributed by atoms with Crippen LogP contribution in [-0.2, 0) is 28.6 Å². The lowest BCUT2D eigenvalue weighted by molar-refractivity contribution is -0.167. The number of carbonyl (C=O) groups is 3. The van der Waals surface area contributed by atoms with E-state index < -0.39 is 6.10 Å². The molecule has 6 nitrogen and oxygen atoms in total. The Hall–Kier alpha value is -2.37. The summed E-state index contributed by atoms with van der Waals surface area (Å²) < 4.78 is 17.0. The second-order valence-corrected chi connectivity index (χ2v) is 24.9. The van der Waals surface area contributed by atoms with Gasteiger partial charge >= 0.3 is 17.9 Å². The Bertz CT molecular complexity index is 1350. The van der Waals surface area contributed by atoms with Crippen LogP contribution in [0.5, 0.6) is 0 Å². The maximum atomic E-state index is 13.0. The third kappa shape index (κ3) is 68.3. The van der Waals surface area contributed by atoms with Crippen molar-refractivity contribution < 1.29 is 28.6 Å². The molecule has 0 aliphatic carbocycles. The Morgan fingerprint density at radius 3 is 0.691 bits per heavy atom. The third-order valence-corrected chi connectivity index (χ3v) is 16.6. The van der Waals surface area contributed by atoms with E-state index in [1.807, 2.05) is 0 Å². The molecule has 0 aromatic heterocycles. The van der Waals surface area contributed by atoms with Gasteiger partial charge in [-0.2, -0.15) is 0 Å². The molecule has 0 N–H and O–H groups in total. The van der Waals surface area contributed by atoms with Crippen LogP contribution >= 0.6 is 0 Å². The van der Waals surface area contributed by atoms with Crippen molar-refractivity contribution in [2.45, 2.75) is 412 Å². The molecule has 0 saturated carbocycles. The summed E-state index contributed by atoms with van der Waals surface area (Å²) in [5, 5.41) is 0. The van der Waals surface area contributed by atoms with Gasteiger partial charge in [0.1, 0.15) is 13.2 Å². The summed E-state index contributed by atoms with van der Waals surface area (Å²) in [5.74, 6) is -0.837. The molecule has 81 heavy (non-hydrogen) atoms. The van der Waals surface area contributed by atoms with Crippen molar-refractivity contribution in [3.8, 4) is 0 Å². The van der Waals surface area contributed by atoms with E-state index in [1.165, 1.54) is 302 Å². The SMILES string of the molecule is CCCCCCC/C=C\C/C=C\CCCCCCCCCCCCCCCCCC(=O)OCC(COC(=O)CCCCCCCCCCCCCCC)OC(=O)CCCCCCCCCCCCC/C=C\CCCCCCCCCC. The summed E-state index contributed by atoms with van der Waals surface area (Å²) in [5.41, 5.74) is 0. The second kappa shape index (κ2) is 70.1. The molecule has 0 rings (SSSR count). The van der Waals surface area contributed by atoms with Crippen LogP contribution in [0.4, 0.5) is 0 Å². The number of unbranched alkanes of at least 4 members (excludes halogenated alkanes) is 51. The summed E-state index contributed by atoms with van der Waals surface area (Å²) >= 11 is 0. The number of rotatable bonds is 68. The molecule has 0 saturated heterocycles. The molecule has 0 spiro atoms. The first-order valence-electron chi connectivity index (χ1n) is 36.5. The molecule has 0 heterocycles. The molecule has 0 aliphatic heterocycles. The minimum absolute atomic E-state index is 0.0664. The van der Waals surface area contributed by atoms with Crippen LogP contribution in [0, 0.1) is 0 Å². The van der Waals surface area contributed by atoms with Crippen molar-refractivity contribution in [3.05, 3.63) is 36.5 Å². The van der Waals surface area contributed by atoms with E-state index in [0.29, 0.717) is 19.3 Å². The van der Waals surface area contributed by atoms with Crippen molar-refractivity contribution in [1.82, 2.24) is 0 Å². The van der Waals surface area contributed by atoms with Gasteiger partial charge in [0.2, 0.25) is 0 Å². The predicted molar refractivity (Wildman–Crippen MR) is 353 cm³/mol. The molecule has 6 heteroatoms.